The molecule has 19 heavy (non-hydrogen) atoms. The first-order chi connectivity index (χ1) is 9.02. The molecule has 0 aliphatic carbocycles. The molecule has 0 unspecified atom stereocenters. The lowest BCUT2D eigenvalue weighted by Gasteiger charge is -2.10. The maximum absolute atomic E-state index is 5.94. The molecular weight excluding hydrogens is 262 g/mol. The zero-order valence-electron chi connectivity index (χ0n) is 11.4. The number of benzene rings is 1. The minimum atomic E-state index is 0.389. The molecule has 0 amide bonds. The van der Waals surface area contributed by atoms with Crippen LogP contribution in [0.1, 0.15) is 19.4 Å². The maximum atomic E-state index is 5.94. The topological polar surface area (TPSA) is 59.6 Å². The van der Waals surface area contributed by atoms with Crippen LogP contribution in [0.4, 0.5) is 0 Å². The first-order valence-corrected chi connectivity index (χ1v) is 6.50. The van der Waals surface area contributed by atoms with Crippen molar-refractivity contribution < 1.29 is 4.74 Å². The van der Waals surface area contributed by atoms with Gasteiger partial charge in [-0.25, -0.2) is 4.99 Å². The monoisotopic (exact) mass is 281 g/mol. The summed E-state index contributed by atoms with van der Waals surface area (Å²) in [5, 5.41) is 3.62. The standard InChI is InChI=1S/C14H20ClN3O/c1-4-19-13-7-12(15)6-5-11(13)9-18-14(16)17-8-10(2)3/h5-7H,2,4,8-9H2,1,3H3,(H3,16,17,18). The van der Waals surface area contributed by atoms with E-state index in [0.717, 1.165) is 16.9 Å². The lowest BCUT2D eigenvalue weighted by Crippen LogP contribution is -2.32. The van der Waals surface area contributed by atoms with E-state index in [0.29, 0.717) is 30.7 Å². The van der Waals surface area contributed by atoms with Crippen LogP contribution in [-0.4, -0.2) is 19.1 Å². The average molecular weight is 282 g/mol. The molecule has 5 heteroatoms. The Kier molecular flexibility index (Phi) is 6.22. The second kappa shape index (κ2) is 7.69. The fourth-order valence-corrected chi connectivity index (χ4v) is 1.58. The molecule has 0 atom stereocenters. The van der Waals surface area contributed by atoms with E-state index in [1.807, 2.05) is 26.0 Å². The van der Waals surface area contributed by atoms with E-state index in [4.69, 9.17) is 22.1 Å². The van der Waals surface area contributed by atoms with Crippen LogP contribution in [0.5, 0.6) is 5.75 Å². The second-order valence-electron chi connectivity index (χ2n) is 4.20. The third-order valence-corrected chi connectivity index (χ3v) is 2.56. The van der Waals surface area contributed by atoms with Gasteiger partial charge in [0.1, 0.15) is 5.75 Å². The van der Waals surface area contributed by atoms with Gasteiger partial charge < -0.3 is 15.8 Å². The lowest BCUT2D eigenvalue weighted by molar-refractivity contribution is 0.336. The summed E-state index contributed by atoms with van der Waals surface area (Å²) in [5.41, 5.74) is 7.70. The molecule has 0 radical (unpaired) electrons. The van der Waals surface area contributed by atoms with Gasteiger partial charge in [0, 0.05) is 17.1 Å². The van der Waals surface area contributed by atoms with Gasteiger partial charge in [0.15, 0.2) is 5.96 Å². The summed E-state index contributed by atoms with van der Waals surface area (Å²) in [4.78, 5) is 4.26. The number of halogens is 1. The smallest absolute Gasteiger partial charge is 0.189 e. The fourth-order valence-electron chi connectivity index (χ4n) is 1.42. The van der Waals surface area contributed by atoms with Gasteiger partial charge in [-0.15, -0.1) is 0 Å². The number of aliphatic imine (C=N–C) groups is 1. The number of nitrogens with two attached hydrogens (primary N) is 1. The summed E-state index contributed by atoms with van der Waals surface area (Å²) in [6.07, 6.45) is 0. The molecular formula is C14H20ClN3O. The van der Waals surface area contributed by atoms with Crippen molar-refractivity contribution in [2.24, 2.45) is 10.7 Å². The van der Waals surface area contributed by atoms with Crippen molar-refractivity contribution in [3.05, 3.63) is 40.9 Å². The molecule has 0 aliphatic heterocycles. The Morgan fingerprint density at radius 2 is 2.26 bits per heavy atom. The summed E-state index contributed by atoms with van der Waals surface area (Å²) >= 11 is 5.94. The molecule has 0 fully saturated rings. The molecule has 0 bridgehead atoms. The van der Waals surface area contributed by atoms with E-state index >= 15 is 0 Å². The Morgan fingerprint density at radius 3 is 2.89 bits per heavy atom. The Hall–Kier alpha value is -1.68. The van der Waals surface area contributed by atoms with Crippen LogP contribution in [0.15, 0.2) is 35.3 Å². The Labute approximate surface area is 119 Å². The number of guanidine groups is 1. The van der Waals surface area contributed by atoms with Crippen LogP contribution >= 0.6 is 11.6 Å². The van der Waals surface area contributed by atoms with Crippen molar-refractivity contribution >= 4 is 17.6 Å². The van der Waals surface area contributed by atoms with Crippen LogP contribution in [0.25, 0.3) is 0 Å². The number of rotatable bonds is 6. The summed E-state index contributed by atoms with van der Waals surface area (Å²) < 4.78 is 5.52. The highest BCUT2D eigenvalue weighted by atomic mass is 35.5. The molecule has 0 saturated heterocycles. The largest absolute Gasteiger partial charge is 0.493 e. The zero-order chi connectivity index (χ0) is 14.3. The number of hydrogen-bond acceptors (Lipinski definition) is 2. The van der Waals surface area contributed by atoms with Crippen LogP contribution in [0, 0.1) is 0 Å². The quantitative estimate of drug-likeness (QED) is 0.479. The maximum Gasteiger partial charge on any atom is 0.189 e. The molecule has 4 nitrogen and oxygen atoms in total. The highest BCUT2D eigenvalue weighted by Gasteiger charge is 2.04. The SMILES string of the molecule is C=C(C)CNC(N)=NCc1ccc(Cl)cc1OCC. The van der Waals surface area contributed by atoms with E-state index in [-0.39, 0.29) is 0 Å². The third kappa shape index (κ3) is 5.66. The predicted octanol–water partition coefficient (Wildman–Crippen LogP) is 2.72. The summed E-state index contributed by atoms with van der Waals surface area (Å²) in [5.74, 6) is 1.13. The van der Waals surface area contributed by atoms with Gasteiger partial charge in [-0.3, -0.25) is 0 Å². The molecule has 104 valence electrons. The molecule has 1 rings (SSSR count). The zero-order valence-corrected chi connectivity index (χ0v) is 12.1. The lowest BCUT2D eigenvalue weighted by atomic mass is 10.2. The van der Waals surface area contributed by atoms with Crippen LogP contribution in [0.2, 0.25) is 5.02 Å². The van der Waals surface area contributed by atoms with E-state index in [1.54, 1.807) is 6.07 Å². The van der Waals surface area contributed by atoms with Gasteiger partial charge in [0.05, 0.1) is 13.2 Å². The number of ether oxygens (including phenoxy) is 1. The van der Waals surface area contributed by atoms with Gasteiger partial charge in [0.25, 0.3) is 0 Å². The molecule has 1 aromatic rings. The van der Waals surface area contributed by atoms with Gasteiger partial charge >= 0.3 is 0 Å². The first-order valence-electron chi connectivity index (χ1n) is 6.12. The highest BCUT2D eigenvalue weighted by Crippen LogP contribution is 2.24. The number of hydrogen-bond donors (Lipinski definition) is 2. The second-order valence-corrected chi connectivity index (χ2v) is 4.63. The van der Waals surface area contributed by atoms with Crippen LogP contribution in [-0.2, 0) is 6.54 Å². The Morgan fingerprint density at radius 1 is 1.53 bits per heavy atom. The van der Waals surface area contributed by atoms with Crippen molar-refractivity contribution in [2.45, 2.75) is 20.4 Å². The number of nitrogens with one attached hydrogen (secondary N) is 1. The van der Waals surface area contributed by atoms with Crippen molar-refractivity contribution in [3.63, 3.8) is 0 Å². The van der Waals surface area contributed by atoms with E-state index in [2.05, 4.69) is 16.9 Å². The molecule has 0 heterocycles. The normalized spacial score (nSPS) is 11.2. The van der Waals surface area contributed by atoms with Gasteiger partial charge in [-0.1, -0.05) is 29.8 Å². The predicted molar refractivity (Wildman–Crippen MR) is 80.8 cm³/mol. The van der Waals surface area contributed by atoms with E-state index in [1.165, 1.54) is 0 Å². The van der Waals surface area contributed by atoms with E-state index in [9.17, 15) is 0 Å². The third-order valence-electron chi connectivity index (χ3n) is 2.32. The summed E-state index contributed by atoms with van der Waals surface area (Å²) in [7, 11) is 0. The first kappa shape index (κ1) is 15.4. The highest BCUT2D eigenvalue weighted by molar-refractivity contribution is 6.30. The van der Waals surface area contributed by atoms with Crippen molar-refractivity contribution in [1.29, 1.82) is 0 Å². The minimum absolute atomic E-state index is 0.389. The molecule has 1 aromatic carbocycles. The van der Waals surface area contributed by atoms with Crippen LogP contribution < -0.4 is 15.8 Å². The van der Waals surface area contributed by atoms with Crippen molar-refractivity contribution in [1.82, 2.24) is 5.32 Å². The van der Waals surface area contributed by atoms with Crippen molar-refractivity contribution in [2.75, 3.05) is 13.2 Å². The van der Waals surface area contributed by atoms with Crippen LogP contribution in [0.3, 0.4) is 0 Å². The molecule has 0 aliphatic rings. The average Bonchev–Trinajstić information content (AvgIpc) is 2.35. The minimum Gasteiger partial charge on any atom is -0.493 e. The molecule has 0 spiro atoms. The Bertz CT molecular complexity index is 472. The van der Waals surface area contributed by atoms with Gasteiger partial charge in [0.2, 0.25) is 0 Å². The van der Waals surface area contributed by atoms with Gasteiger partial charge in [-0.2, -0.15) is 0 Å². The number of nitrogens with zero attached hydrogens (tertiary/aromatic N) is 1. The Balaban J connectivity index is 2.70. The molecule has 3 N–H and O–H groups in total. The molecule has 0 saturated carbocycles. The van der Waals surface area contributed by atoms with E-state index < -0.39 is 0 Å². The summed E-state index contributed by atoms with van der Waals surface area (Å²) in [6.45, 7) is 9.29. The summed E-state index contributed by atoms with van der Waals surface area (Å²) in [6, 6.07) is 5.49. The van der Waals surface area contributed by atoms with Crippen molar-refractivity contribution in [3.8, 4) is 5.75 Å². The van der Waals surface area contributed by atoms with Gasteiger partial charge in [-0.05, 0) is 26.0 Å². The fraction of sp³-hybridized carbons (Fsp3) is 0.357. The molecule has 0 aromatic heterocycles.